The number of hydrogen-bond donors (Lipinski definition) is 0. The Labute approximate surface area is 187 Å². The van der Waals surface area contributed by atoms with E-state index in [0.717, 1.165) is 5.69 Å². The average Bonchev–Trinajstić information content (AvgIpc) is 3.02. The minimum Gasteiger partial charge on any atom is -0.378 e. The van der Waals surface area contributed by atoms with Crippen molar-refractivity contribution in [2.45, 2.75) is 0 Å². The lowest BCUT2D eigenvalue weighted by Crippen LogP contribution is -2.36. The van der Waals surface area contributed by atoms with Gasteiger partial charge in [-0.1, -0.05) is 35.6 Å². The zero-order valence-corrected chi connectivity index (χ0v) is 18.0. The molecule has 4 rings (SSSR count). The van der Waals surface area contributed by atoms with E-state index in [-0.39, 0.29) is 11.6 Å². The Kier molecular flexibility index (Phi) is 6.05. The van der Waals surface area contributed by atoms with Crippen LogP contribution in [0.25, 0.3) is 6.08 Å². The third-order valence-electron chi connectivity index (χ3n) is 4.74. The first-order valence-corrected chi connectivity index (χ1v) is 10.7. The lowest BCUT2D eigenvalue weighted by atomic mass is 10.1. The number of anilines is 2. The molecule has 2 saturated heterocycles. The van der Waals surface area contributed by atoms with Crippen molar-refractivity contribution < 1.29 is 14.5 Å². The predicted molar refractivity (Wildman–Crippen MR) is 123 cm³/mol. The van der Waals surface area contributed by atoms with Crippen LogP contribution in [0.3, 0.4) is 0 Å². The number of non-ortho nitro benzene ring substituents is 1. The van der Waals surface area contributed by atoms with E-state index < -0.39 is 4.92 Å². The van der Waals surface area contributed by atoms with Crippen molar-refractivity contribution in [1.82, 2.24) is 0 Å². The summed E-state index contributed by atoms with van der Waals surface area (Å²) >= 11 is 12.5. The quantitative estimate of drug-likeness (QED) is 0.287. The number of carbonyl (C=O) groups excluding carboxylic acids is 1. The van der Waals surface area contributed by atoms with Crippen molar-refractivity contribution in [3.8, 4) is 0 Å². The molecule has 2 aromatic rings. The molecule has 2 aromatic carbocycles. The summed E-state index contributed by atoms with van der Waals surface area (Å²) in [6, 6.07) is 11.5. The molecular weight excluding hydrogens is 446 g/mol. The van der Waals surface area contributed by atoms with Gasteiger partial charge < -0.3 is 9.64 Å². The van der Waals surface area contributed by atoms with Gasteiger partial charge in [0.25, 0.3) is 11.6 Å². The van der Waals surface area contributed by atoms with E-state index in [1.54, 1.807) is 36.4 Å². The molecule has 0 spiro atoms. The van der Waals surface area contributed by atoms with Crippen molar-refractivity contribution in [2.75, 3.05) is 36.1 Å². The molecule has 0 bridgehead atoms. The maximum atomic E-state index is 13.1. The van der Waals surface area contributed by atoms with Crippen LogP contribution in [0.15, 0.2) is 47.4 Å². The Bertz CT molecular complexity index is 1050. The molecule has 0 unspecified atom stereocenters. The minimum atomic E-state index is -0.445. The SMILES string of the molecule is O=C1/C(=C\c2cc([N+](=O)[O-])ccc2N2CCOCC2)SC(=S)N1c1ccc(Cl)cc1. The molecule has 2 fully saturated rings. The number of hydrogen-bond acceptors (Lipinski definition) is 7. The number of nitro groups is 1. The third-order valence-corrected chi connectivity index (χ3v) is 6.29. The van der Waals surface area contributed by atoms with Crippen molar-refractivity contribution >= 4 is 68.9 Å². The first-order chi connectivity index (χ1) is 14.4. The molecule has 0 atom stereocenters. The smallest absolute Gasteiger partial charge is 0.270 e. The fourth-order valence-electron chi connectivity index (χ4n) is 3.29. The molecule has 0 aromatic heterocycles. The highest BCUT2D eigenvalue weighted by atomic mass is 35.5. The monoisotopic (exact) mass is 461 g/mol. The number of nitro benzene ring substituents is 1. The van der Waals surface area contributed by atoms with Gasteiger partial charge in [0.1, 0.15) is 0 Å². The van der Waals surface area contributed by atoms with Crippen LogP contribution in [0.1, 0.15) is 5.56 Å². The molecular formula is C20H16ClN3O4S2. The summed E-state index contributed by atoms with van der Waals surface area (Å²) in [7, 11) is 0. The van der Waals surface area contributed by atoms with Gasteiger partial charge in [0.2, 0.25) is 0 Å². The number of carbonyl (C=O) groups is 1. The Balaban J connectivity index is 1.71. The van der Waals surface area contributed by atoms with E-state index in [0.29, 0.717) is 51.8 Å². The lowest BCUT2D eigenvalue weighted by Gasteiger charge is -2.30. The number of amides is 1. The number of ether oxygens (including phenoxy) is 1. The summed E-state index contributed by atoms with van der Waals surface area (Å²) in [5, 5.41) is 11.9. The zero-order chi connectivity index (χ0) is 21.3. The Morgan fingerprint density at radius 1 is 1.17 bits per heavy atom. The van der Waals surface area contributed by atoms with Crippen LogP contribution in [-0.4, -0.2) is 41.5 Å². The maximum Gasteiger partial charge on any atom is 0.270 e. The van der Waals surface area contributed by atoms with Gasteiger partial charge in [0.05, 0.1) is 28.7 Å². The van der Waals surface area contributed by atoms with E-state index in [2.05, 4.69) is 4.90 Å². The van der Waals surface area contributed by atoms with Crippen molar-refractivity contribution in [3.63, 3.8) is 0 Å². The molecule has 154 valence electrons. The number of nitrogens with zero attached hydrogens (tertiary/aromatic N) is 3. The summed E-state index contributed by atoms with van der Waals surface area (Å²) in [6.07, 6.45) is 1.67. The molecule has 0 aliphatic carbocycles. The molecule has 10 heteroatoms. The number of halogens is 1. The van der Waals surface area contributed by atoms with Crippen LogP contribution in [0.2, 0.25) is 5.02 Å². The van der Waals surface area contributed by atoms with Gasteiger partial charge in [0, 0.05) is 41.5 Å². The largest absolute Gasteiger partial charge is 0.378 e. The molecule has 0 radical (unpaired) electrons. The van der Waals surface area contributed by atoms with Gasteiger partial charge >= 0.3 is 0 Å². The maximum absolute atomic E-state index is 13.1. The third kappa shape index (κ3) is 4.20. The second-order valence-electron chi connectivity index (χ2n) is 6.59. The van der Waals surface area contributed by atoms with Gasteiger partial charge in [-0.25, -0.2) is 0 Å². The topological polar surface area (TPSA) is 75.9 Å². The number of thiocarbonyl (C=S) groups is 1. The van der Waals surface area contributed by atoms with Crippen LogP contribution in [0.5, 0.6) is 0 Å². The summed E-state index contributed by atoms with van der Waals surface area (Å²) < 4.78 is 5.80. The standard InChI is InChI=1S/C20H16ClN3O4S2/c21-14-1-3-15(4-2-14)23-19(25)18(30-20(23)29)12-13-11-16(24(26)27)5-6-17(13)22-7-9-28-10-8-22/h1-6,11-12H,7-10H2/b18-12+. The fourth-order valence-corrected chi connectivity index (χ4v) is 4.70. The van der Waals surface area contributed by atoms with E-state index >= 15 is 0 Å². The van der Waals surface area contributed by atoms with Crippen LogP contribution < -0.4 is 9.80 Å². The predicted octanol–water partition coefficient (Wildman–Crippen LogP) is 4.49. The normalized spacial score (nSPS) is 18.4. The number of rotatable bonds is 4. The molecule has 0 saturated carbocycles. The molecule has 1 amide bonds. The lowest BCUT2D eigenvalue weighted by molar-refractivity contribution is -0.384. The molecule has 2 aliphatic heterocycles. The summed E-state index contributed by atoms with van der Waals surface area (Å²) in [6.45, 7) is 2.50. The van der Waals surface area contributed by atoms with Gasteiger partial charge in [-0.05, 0) is 36.4 Å². The Hall–Kier alpha value is -2.46. The van der Waals surface area contributed by atoms with E-state index in [4.69, 9.17) is 28.6 Å². The first-order valence-electron chi connectivity index (χ1n) is 9.09. The highest BCUT2D eigenvalue weighted by Gasteiger charge is 2.33. The van der Waals surface area contributed by atoms with Crippen molar-refractivity contribution in [3.05, 3.63) is 68.1 Å². The Morgan fingerprint density at radius 3 is 2.53 bits per heavy atom. The summed E-state index contributed by atoms with van der Waals surface area (Å²) in [5.74, 6) is -0.272. The number of morpholine rings is 1. The van der Waals surface area contributed by atoms with Gasteiger partial charge in [0.15, 0.2) is 4.32 Å². The molecule has 30 heavy (non-hydrogen) atoms. The van der Waals surface area contributed by atoms with Crippen molar-refractivity contribution in [1.29, 1.82) is 0 Å². The summed E-state index contributed by atoms with van der Waals surface area (Å²) in [5.41, 5.74) is 2.01. The van der Waals surface area contributed by atoms with Crippen LogP contribution in [-0.2, 0) is 9.53 Å². The van der Waals surface area contributed by atoms with Gasteiger partial charge in [-0.15, -0.1) is 0 Å². The Morgan fingerprint density at radius 2 is 1.87 bits per heavy atom. The fraction of sp³-hybridized carbons (Fsp3) is 0.200. The van der Waals surface area contributed by atoms with E-state index in [1.807, 2.05) is 0 Å². The minimum absolute atomic E-state index is 0.0357. The summed E-state index contributed by atoms with van der Waals surface area (Å²) in [4.78, 5) is 27.9. The van der Waals surface area contributed by atoms with E-state index in [1.165, 1.54) is 28.8 Å². The molecule has 2 aliphatic rings. The molecule has 7 nitrogen and oxygen atoms in total. The highest BCUT2D eigenvalue weighted by molar-refractivity contribution is 8.27. The molecule has 2 heterocycles. The second kappa shape index (κ2) is 8.73. The number of thioether (sulfide) groups is 1. The average molecular weight is 462 g/mol. The highest BCUT2D eigenvalue weighted by Crippen LogP contribution is 2.38. The van der Waals surface area contributed by atoms with Crippen LogP contribution in [0.4, 0.5) is 17.1 Å². The number of benzene rings is 2. The molecule has 0 N–H and O–H groups in total. The van der Waals surface area contributed by atoms with Crippen LogP contribution in [0, 0.1) is 10.1 Å². The zero-order valence-electron chi connectivity index (χ0n) is 15.6. The van der Waals surface area contributed by atoms with Gasteiger partial charge in [-0.3, -0.25) is 19.8 Å². The van der Waals surface area contributed by atoms with Crippen molar-refractivity contribution in [2.24, 2.45) is 0 Å². The van der Waals surface area contributed by atoms with Gasteiger partial charge in [-0.2, -0.15) is 0 Å². The second-order valence-corrected chi connectivity index (χ2v) is 8.71. The van der Waals surface area contributed by atoms with Crippen LogP contribution >= 0.6 is 35.6 Å². The van der Waals surface area contributed by atoms with E-state index in [9.17, 15) is 14.9 Å². The first kappa shape index (κ1) is 20.8.